The Hall–Kier alpha value is -3.79. The van der Waals surface area contributed by atoms with Crippen LogP contribution in [0, 0.1) is 17.5 Å². The number of halogens is 3. The first-order chi connectivity index (χ1) is 17.0. The van der Waals surface area contributed by atoms with Gasteiger partial charge in [-0.3, -0.25) is 0 Å². The maximum Gasteiger partial charge on any atom is 0.167 e. The molecule has 0 spiro atoms. The lowest BCUT2D eigenvalue weighted by molar-refractivity contribution is 0.321. The van der Waals surface area contributed by atoms with E-state index in [9.17, 15) is 13.2 Å². The summed E-state index contributed by atoms with van der Waals surface area (Å²) in [6.45, 7) is 4.31. The van der Waals surface area contributed by atoms with E-state index in [1.165, 1.54) is 11.6 Å². The second kappa shape index (κ2) is 11.1. The van der Waals surface area contributed by atoms with Crippen molar-refractivity contribution in [2.24, 2.45) is 0 Å². The first-order valence-electron chi connectivity index (χ1n) is 11.8. The van der Waals surface area contributed by atoms with Gasteiger partial charge in [-0.1, -0.05) is 92.2 Å². The lowest BCUT2D eigenvalue weighted by Crippen LogP contribution is -1.94. The second-order valence-corrected chi connectivity index (χ2v) is 8.31. The molecule has 0 fully saturated rings. The van der Waals surface area contributed by atoms with Crippen molar-refractivity contribution in [2.75, 3.05) is 6.61 Å². The Balaban J connectivity index is 1.51. The summed E-state index contributed by atoms with van der Waals surface area (Å²) in [6, 6.07) is 23.0. The Bertz CT molecular complexity index is 1320. The van der Waals surface area contributed by atoms with Crippen LogP contribution in [0.3, 0.4) is 0 Å². The maximum absolute atomic E-state index is 14.8. The van der Waals surface area contributed by atoms with E-state index in [-0.39, 0.29) is 16.9 Å². The Morgan fingerprint density at radius 2 is 1.37 bits per heavy atom. The van der Waals surface area contributed by atoms with Crippen LogP contribution in [0.4, 0.5) is 13.2 Å². The topological polar surface area (TPSA) is 9.23 Å². The normalized spacial score (nSPS) is 11.2. The fourth-order valence-electron chi connectivity index (χ4n) is 3.98. The highest BCUT2D eigenvalue weighted by atomic mass is 19.2. The molecule has 0 amide bonds. The average molecular weight is 473 g/mol. The van der Waals surface area contributed by atoms with Crippen molar-refractivity contribution >= 4 is 12.2 Å². The monoisotopic (exact) mass is 472 g/mol. The van der Waals surface area contributed by atoms with Gasteiger partial charge in [-0.15, -0.1) is 0 Å². The molecule has 0 N–H and O–H groups in total. The molecule has 4 rings (SSSR count). The molecule has 4 heteroatoms. The molecular formula is C31H27F3O. The number of rotatable bonds is 8. The van der Waals surface area contributed by atoms with E-state index in [0.29, 0.717) is 12.2 Å². The molecule has 0 aliphatic rings. The Morgan fingerprint density at radius 3 is 2.03 bits per heavy atom. The van der Waals surface area contributed by atoms with Crippen LogP contribution in [0.5, 0.6) is 5.75 Å². The fraction of sp³-hybridized carbons (Fsp3) is 0.161. The predicted octanol–water partition coefficient (Wildman–Crippen LogP) is 8.96. The van der Waals surface area contributed by atoms with Gasteiger partial charge in [0.05, 0.1) is 6.61 Å². The van der Waals surface area contributed by atoms with E-state index in [0.717, 1.165) is 29.5 Å². The molecule has 0 saturated carbocycles. The molecule has 0 saturated heterocycles. The van der Waals surface area contributed by atoms with E-state index in [1.807, 2.05) is 48.5 Å². The minimum Gasteiger partial charge on any atom is -0.491 e. The maximum atomic E-state index is 14.8. The highest BCUT2D eigenvalue weighted by Gasteiger charge is 2.13. The van der Waals surface area contributed by atoms with Gasteiger partial charge < -0.3 is 4.74 Å². The zero-order valence-electron chi connectivity index (χ0n) is 19.8. The first-order valence-corrected chi connectivity index (χ1v) is 11.8. The Morgan fingerprint density at radius 1 is 0.686 bits per heavy atom. The molecule has 0 unspecified atom stereocenters. The van der Waals surface area contributed by atoms with E-state index in [4.69, 9.17) is 4.74 Å². The van der Waals surface area contributed by atoms with Crippen LogP contribution >= 0.6 is 0 Å². The molecule has 4 aromatic carbocycles. The van der Waals surface area contributed by atoms with Crippen LogP contribution in [0.15, 0.2) is 78.9 Å². The van der Waals surface area contributed by atoms with Crippen LogP contribution in [0.25, 0.3) is 34.4 Å². The molecule has 0 atom stereocenters. The molecule has 0 aromatic heterocycles. The molecule has 0 heterocycles. The van der Waals surface area contributed by atoms with Crippen LogP contribution in [-0.2, 0) is 6.42 Å². The predicted molar refractivity (Wildman–Crippen MR) is 138 cm³/mol. The smallest absolute Gasteiger partial charge is 0.167 e. The zero-order valence-corrected chi connectivity index (χ0v) is 19.8. The lowest BCUT2D eigenvalue weighted by Gasteiger charge is -2.08. The highest BCUT2D eigenvalue weighted by molar-refractivity contribution is 5.74. The third-order valence-electron chi connectivity index (χ3n) is 5.85. The summed E-state index contributed by atoms with van der Waals surface area (Å²) < 4.78 is 49.0. The van der Waals surface area contributed by atoms with Crippen molar-refractivity contribution in [3.63, 3.8) is 0 Å². The van der Waals surface area contributed by atoms with Crippen molar-refractivity contribution < 1.29 is 17.9 Å². The lowest BCUT2D eigenvalue weighted by atomic mass is 9.99. The Kier molecular flexibility index (Phi) is 7.71. The molecule has 35 heavy (non-hydrogen) atoms. The molecule has 4 aromatic rings. The van der Waals surface area contributed by atoms with E-state index in [2.05, 4.69) is 6.92 Å². The van der Waals surface area contributed by atoms with Crippen molar-refractivity contribution in [3.05, 3.63) is 113 Å². The highest BCUT2D eigenvalue weighted by Crippen LogP contribution is 2.29. The zero-order chi connectivity index (χ0) is 24.8. The summed E-state index contributed by atoms with van der Waals surface area (Å²) in [4.78, 5) is 0. The van der Waals surface area contributed by atoms with E-state index in [1.54, 1.807) is 43.3 Å². The van der Waals surface area contributed by atoms with Crippen molar-refractivity contribution in [3.8, 4) is 28.0 Å². The van der Waals surface area contributed by atoms with Gasteiger partial charge in [0.1, 0.15) is 0 Å². The summed E-state index contributed by atoms with van der Waals surface area (Å²) in [5.41, 5.74) is 4.63. The summed E-state index contributed by atoms with van der Waals surface area (Å²) in [5.74, 6) is -1.92. The minimum absolute atomic E-state index is 0.173. The SMILES string of the molecule is CCCc1ccc(-c2ccc(/C=C/c3ccc(-c4ccc(OCC)c(F)c4)cc3)c(F)c2F)cc1. The summed E-state index contributed by atoms with van der Waals surface area (Å²) in [7, 11) is 0. The number of hydrogen-bond donors (Lipinski definition) is 0. The van der Waals surface area contributed by atoms with Gasteiger partial charge in [-0.05, 0) is 53.3 Å². The number of hydrogen-bond acceptors (Lipinski definition) is 1. The summed E-state index contributed by atoms with van der Waals surface area (Å²) in [6.07, 6.45) is 5.27. The van der Waals surface area contributed by atoms with Gasteiger partial charge in [-0.2, -0.15) is 0 Å². The fourth-order valence-corrected chi connectivity index (χ4v) is 3.98. The van der Waals surface area contributed by atoms with Crippen molar-refractivity contribution in [2.45, 2.75) is 26.7 Å². The number of aryl methyl sites for hydroxylation is 1. The largest absolute Gasteiger partial charge is 0.491 e. The standard InChI is InChI=1S/C31H27F3O/c1-3-5-21-8-13-24(14-9-21)27-18-16-25(30(33)31(27)34)15-10-22-6-11-23(12-7-22)26-17-19-29(35-4-2)28(32)20-26/h6-20H,3-5H2,1-2H3/b15-10+. The molecule has 0 radical (unpaired) electrons. The van der Waals surface area contributed by atoms with Crippen LogP contribution in [0.1, 0.15) is 37.0 Å². The molecular weight excluding hydrogens is 445 g/mol. The van der Waals surface area contributed by atoms with Gasteiger partial charge in [0, 0.05) is 11.1 Å². The van der Waals surface area contributed by atoms with Gasteiger partial charge in [0.15, 0.2) is 23.2 Å². The molecule has 0 bridgehead atoms. The number of ether oxygens (including phenoxy) is 1. The molecule has 0 aliphatic carbocycles. The van der Waals surface area contributed by atoms with Crippen molar-refractivity contribution in [1.29, 1.82) is 0 Å². The summed E-state index contributed by atoms with van der Waals surface area (Å²) in [5, 5.41) is 0. The molecule has 178 valence electrons. The van der Waals surface area contributed by atoms with Crippen LogP contribution < -0.4 is 4.74 Å². The van der Waals surface area contributed by atoms with E-state index < -0.39 is 17.5 Å². The minimum atomic E-state index is -0.877. The van der Waals surface area contributed by atoms with Crippen molar-refractivity contribution in [1.82, 2.24) is 0 Å². The van der Waals surface area contributed by atoms with Crippen LogP contribution in [0.2, 0.25) is 0 Å². The summed E-state index contributed by atoms with van der Waals surface area (Å²) >= 11 is 0. The average Bonchev–Trinajstić information content (AvgIpc) is 2.87. The quantitative estimate of drug-likeness (QED) is 0.233. The van der Waals surface area contributed by atoms with Gasteiger partial charge in [-0.25, -0.2) is 13.2 Å². The number of benzene rings is 4. The molecule has 0 aliphatic heterocycles. The van der Waals surface area contributed by atoms with Gasteiger partial charge in [0.2, 0.25) is 0 Å². The third kappa shape index (κ3) is 5.65. The van der Waals surface area contributed by atoms with Gasteiger partial charge >= 0.3 is 0 Å². The van der Waals surface area contributed by atoms with Crippen LogP contribution in [-0.4, -0.2) is 6.61 Å². The molecule has 1 nitrogen and oxygen atoms in total. The second-order valence-electron chi connectivity index (χ2n) is 8.31. The van der Waals surface area contributed by atoms with E-state index >= 15 is 0 Å². The Labute approximate surface area is 204 Å². The van der Waals surface area contributed by atoms with Gasteiger partial charge in [0.25, 0.3) is 0 Å². The first kappa shape index (κ1) is 24.3. The third-order valence-corrected chi connectivity index (χ3v) is 5.85.